The van der Waals surface area contributed by atoms with Crippen molar-refractivity contribution in [1.29, 1.82) is 0 Å². The van der Waals surface area contributed by atoms with E-state index in [9.17, 15) is 4.79 Å². The fraction of sp³-hybridized carbons (Fsp3) is 0.250. The number of nitrogens with zero attached hydrogens (tertiary/aromatic N) is 1. The highest BCUT2D eigenvalue weighted by Gasteiger charge is 2.11. The fourth-order valence-electron chi connectivity index (χ4n) is 1.99. The molecule has 0 unspecified atom stereocenters. The molecule has 0 aliphatic heterocycles. The zero-order valence-electron chi connectivity index (χ0n) is 11.9. The van der Waals surface area contributed by atoms with E-state index in [0.717, 1.165) is 24.1 Å². The van der Waals surface area contributed by atoms with Gasteiger partial charge in [-0.1, -0.05) is 42.6 Å². The highest BCUT2D eigenvalue weighted by Crippen LogP contribution is 2.21. The van der Waals surface area contributed by atoms with Crippen LogP contribution in [0.4, 0.5) is 5.69 Å². The van der Waals surface area contributed by atoms with Crippen molar-refractivity contribution < 1.29 is 4.79 Å². The molecule has 5 heteroatoms. The summed E-state index contributed by atoms with van der Waals surface area (Å²) >= 11 is 11.9. The number of rotatable bonds is 4. The van der Waals surface area contributed by atoms with E-state index < -0.39 is 0 Å². The molecule has 1 aromatic heterocycles. The number of carbonyl (C=O) groups excluding carboxylic acids is 1. The predicted octanol–water partition coefficient (Wildman–Crippen LogP) is 4.90. The lowest BCUT2D eigenvalue weighted by Crippen LogP contribution is -2.13. The number of aromatic nitrogens is 1. The van der Waals surface area contributed by atoms with E-state index in [0.29, 0.717) is 21.4 Å². The van der Waals surface area contributed by atoms with Crippen LogP contribution in [0.15, 0.2) is 30.3 Å². The largest absolute Gasteiger partial charge is 0.322 e. The van der Waals surface area contributed by atoms with Crippen LogP contribution in [0.1, 0.15) is 35.0 Å². The van der Waals surface area contributed by atoms with E-state index in [1.807, 2.05) is 13.0 Å². The molecule has 1 heterocycles. The summed E-state index contributed by atoms with van der Waals surface area (Å²) in [6, 6.07) is 8.71. The molecule has 0 saturated heterocycles. The standard InChI is InChI=1S/C16H16Cl2N2O/c1-3-4-13-7-11(8-15(18)19-13)16(21)20-14-9-12(17)6-5-10(14)2/h5-9H,3-4H2,1-2H3,(H,20,21). The maximum Gasteiger partial charge on any atom is 0.255 e. The van der Waals surface area contributed by atoms with Gasteiger partial charge in [-0.2, -0.15) is 0 Å². The molecule has 0 aliphatic carbocycles. The summed E-state index contributed by atoms with van der Waals surface area (Å²) in [5.74, 6) is -0.220. The van der Waals surface area contributed by atoms with Gasteiger partial charge in [0, 0.05) is 22.0 Å². The third-order valence-corrected chi connectivity index (χ3v) is 3.49. The molecule has 0 saturated carbocycles. The van der Waals surface area contributed by atoms with Crippen LogP contribution >= 0.6 is 23.2 Å². The van der Waals surface area contributed by atoms with Gasteiger partial charge < -0.3 is 5.32 Å². The van der Waals surface area contributed by atoms with E-state index in [1.54, 1.807) is 24.3 Å². The van der Waals surface area contributed by atoms with E-state index >= 15 is 0 Å². The number of hydrogen-bond donors (Lipinski definition) is 1. The van der Waals surface area contributed by atoms with Crippen LogP contribution in [-0.4, -0.2) is 10.9 Å². The Kier molecular flexibility index (Phi) is 5.21. The second-order valence-electron chi connectivity index (χ2n) is 4.83. The van der Waals surface area contributed by atoms with Gasteiger partial charge >= 0.3 is 0 Å². The molecule has 0 atom stereocenters. The first-order chi connectivity index (χ1) is 9.99. The highest BCUT2D eigenvalue weighted by atomic mass is 35.5. The summed E-state index contributed by atoms with van der Waals surface area (Å²) in [5, 5.41) is 3.76. The lowest BCUT2D eigenvalue weighted by atomic mass is 10.1. The predicted molar refractivity (Wildman–Crippen MR) is 87.4 cm³/mol. The van der Waals surface area contributed by atoms with Crippen LogP contribution in [0.5, 0.6) is 0 Å². The quantitative estimate of drug-likeness (QED) is 0.813. The molecule has 3 nitrogen and oxygen atoms in total. The van der Waals surface area contributed by atoms with Gasteiger partial charge in [-0.3, -0.25) is 4.79 Å². The van der Waals surface area contributed by atoms with Crippen LogP contribution in [0.2, 0.25) is 10.2 Å². The van der Waals surface area contributed by atoms with Gasteiger partial charge in [0.05, 0.1) is 0 Å². The van der Waals surface area contributed by atoms with Gasteiger partial charge in [0.15, 0.2) is 0 Å². The lowest BCUT2D eigenvalue weighted by molar-refractivity contribution is 0.102. The van der Waals surface area contributed by atoms with Crippen molar-refractivity contribution in [3.63, 3.8) is 0 Å². The summed E-state index contributed by atoms with van der Waals surface area (Å²) in [6.45, 7) is 3.96. The number of nitrogens with one attached hydrogen (secondary N) is 1. The minimum absolute atomic E-state index is 0.220. The Morgan fingerprint density at radius 1 is 1.24 bits per heavy atom. The normalized spacial score (nSPS) is 10.5. The average molecular weight is 323 g/mol. The maximum atomic E-state index is 12.3. The molecule has 21 heavy (non-hydrogen) atoms. The number of halogens is 2. The minimum Gasteiger partial charge on any atom is -0.322 e. The maximum absolute atomic E-state index is 12.3. The lowest BCUT2D eigenvalue weighted by Gasteiger charge is -2.10. The first kappa shape index (κ1) is 15.8. The van der Waals surface area contributed by atoms with E-state index in [1.165, 1.54) is 0 Å². The minimum atomic E-state index is -0.220. The van der Waals surface area contributed by atoms with Crippen molar-refractivity contribution in [3.8, 4) is 0 Å². The molecule has 1 amide bonds. The summed E-state index contributed by atoms with van der Waals surface area (Å²) in [4.78, 5) is 16.6. The number of amides is 1. The molecule has 0 spiro atoms. The SMILES string of the molecule is CCCc1cc(C(=O)Nc2cc(Cl)ccc2C)cc(Cl)n1. The van der Waals surface area contributed by atoms with Gasteiger partial charge in [0.25, 0.3) is 5.91 Å². The summed E-state index contributed by atoms with van der Waals surface area (Å²) < 4.78 is 0. The topological polar surface area (TPSA) is 42.0 Å². The Balaban J connectivity index is 2.25. The van der Waals surface area contributed by atoms with Gasteiger partial charge in [-0.15, -0.1) is 0 Å². The molecule has 1 aromatic carbocycles. The molecule has 0 aliphatic rings. The van der Waals surface area contributed by atoms with Gasteiger partial charge in [0.1, 0.15) is 5.15 Å². The Morgan fingerprint density at radius 3 is 2.71 bits per heavy atom. The Bertz CT molecular complexity index is 671. The van der Waals surface area contributed by atoms with E-state index in [-0.39, 0.29) is 5.91 Å². The van der Waals surface area contributed by atoms with Gasteiger partial charge in [0.2, 0.25) is 0 Å². The molecule has 0 bridgehead atoms. The first-order valence-corrected chi connectivity index (χ1v) is 7.49. The van der Waals surface area contributed by atoms with E-state index in [4.69, 9.17) is 23.2 Å². The van der Waals surface area contributed by atoms with Crippen molar-refractivity contribution in [2.45, 2.75) is 26.7 Å². The summed E-state index contributed by atoms with van der Waals surface area (Å²) in [6.07, 6.45) is 1.73. The molecule has 2 rings (SSSR count). The van der Waals surface area contributed by atoms with Crippen molar-refractivity contribution in [1.82, 2.24) is 4.98 Å². The van der Waals surface area contributed by atoms with Crippen LogP contribution in [0.3, 0.4) is 0 Å². The molecule has 0 radical (unpaired) electrons. The molecular formula is C16H16Cl2N2O. The number of aryl methyl sites for hydroxylation is 2. The van der Waals surface area contributed by atoms with Crippen molar-refractivity contribution in [2.24, 2.45) is 0 Å². The highest BCUT2D eigenvalue weighted by molar-refractivity contribution is 6.31. The smallest absolute Gasteiger partial charge is 0.255 e. The van der Waals surface area contributed by atoms with Crippen LogP contribution in [0, 0.1) is 6.92 Å². The van der Waals surface area contributed by atoms with Crippen LogP contribution in [-0.2, 0) is 6.42 Å². The molecule has 1 N–H and O–H groups in total. The average Bonchev–Trinajstić information content (AvgIpc) is 2.42. The zero-order chi connectivity index (χ0) is 15.4. The molecule has 2 aromatic rings. The Morgan fingerprint density at radius 2 is 2.00 bits per heavy atom. The number of pyridine rings is 1. The molecular weight excluding hydrogens is 307 g/mol. The van der Waals surface area contributed by atoms with Gasteiger partial charge in [-0.25, -0.2) is 4.98 Å². The number of carbonyl (C=O) groups is 1. The second-order valence-corrected chi connectivity index (χ2v) is 5.66. The number of hydrogen-bond acceptors (Lipinski definition) is 2. The number of anilines is 1. The number of benzene rings is 1. The van der Waals surface area contributed by atoms with Crippen molar-refractivity contribution in [2.75, 3.05) is 5.32 Å². The summed E-state index contributed by atoms with van der Waals surface area (Å²) in [5.41, 5.74) is 2.95. The Hall–Kier alpha value is -1.58. The summed E-state index contributed by atoms with van der Waals surface area (Å²) in [7, 11) is 0. The monoisotopic (exact) mass is 322 g/mol. The third-order valence-electron chi connectivity index (χ3n) is 3.06. The molecule has 110 valence electrons. The van der Waals surface area contributed by atoms with Crippen LogP contribution < -0.4 is 5.32 Å². The van der Waals surface area contributed by atoms with Gasteiger partial charge in [-0.05, 0) is 43.2 Å². The third kappa shape index (κ3) is 4.19. The fourth-order valence-corrected chi connectivity index (χ4v) is 2.39. The zero-order valence-corrected chi connectivity index (χ0v) is 13.4. The van der Waals surface area contributed by atoms with Crippen molar-refractivity contribution >= 4 is 34.8 Å². The first-order valence-electron chi connectivity index (χ1n) is 6.73. The van der Waals surface area contributed by atoms with E-state index in [2.05, 4.69) is 17.2 Å². The Labute approximate surface area is 134 Å². The van der Waals surface area contributed by atoms with Crippen molar-refractivity contribution in [3.05, 3.63) is 57.3 Å². The second kappa shape index (κ2) is 6.92. The van der Waals surface area contributed by atoms with Crippen LogP contribution in [0.25, 0.3) is 0 Å². The molecule has 0 fully saturated rings.